The van der Waals surface area contributed by atoms with Gasteiger partial charge in [-0.3, -0.25) is 0 Å². The average Bonchev–Trinajstić information content (AvgIpc) is 2.75. The van der Waals surface area contributed by atoms with E-state index in [-0.39, 0.29) is 6.04 Å². The number of aromatic nitrogens is 2. The maximum atomic E-state index is 4.40. The first-order valence-corrected chi connectivity index (χ1v) is 6.38. The predicted octanol–water partition coefficient (Wildman–Crippen LogP) is 2.69. The van der Waals surface area contributed by atoms with Gasteiger partial charge in [0.05, 0.1) is 18.1 Å². The molecule has 1 aromatic heterocycles. The Kier molecular flexibility index (Phi) is 3.97. The smallest absolute Gasteiger partial charge is 0.0947 e. The summed E-state index contributed by atoms with van der Waals surface area (Å²) in [7, 11) is 3.96. The number of nitrogens with zero attached hydrogens (tertiary/aromatic N) is 2. The molecule has 3 nitrogen and oxygen atoms in total. The Morgan fingerprint density at radius 2 is 2.18 bits per heavy atom. The van der Waals surface area contributed by atoms with E-state index in [2.05, 4.69) is 50.6 Å². The number of hydrogen-bond donors (Lipinski definition) is 1. The number of halogens is 1. The number of aryl methyl sites for hydroxylation is 1. The summed E-state index contributed by atoms with van der Waals surface area (Å²) in [6.07, 6.45) is 4.81. The van der Waals surface area contributed by atoms with E-state index < -0.39 is 0 Å². The van der Waals surface area contributed by atoms with Crippen molar-refractivity contribution in [3.8, 4) is 0 Å². The van der Waals surface area contributed by atoms with Gasteiger partial charge in [-0.1, -0.05) is 34.1 Å². The summed E-state index contributed by atoms with van der Waals surface area (Å²) < 4.78 is 3.12. The molecular formula is C13H16BrN3. The second kappa shape index (κ2) is 5.47. The zero-order chi connectivity index (χ0) is 12.3. The second-order valence-corrected chi connectivity index (χ2v) is 4.96. The minimum absolute atomic E-state index is 0.245. The maximum Gasteiger partial charge on any atom is 0.0947 e. The topological polar surface area (TPSA) is 29.9 Å². The molecule has 1 atom stereocenters. The van der Waals surface area contributed by atoms with Crippen LogP contribution in [0, 0.1) is 0 Å². The van der Waals surface area contributed by atoms with Gasteiger partial charge >= 0.3 is 0 Å². The number of hydrogen-bond acceptors (Lipinski definition) is 2. The maximum absolute atomic E-state index is 4.40. The van der Waals surface area contributed by atoms with Gasteiger partial charge in [-0.05, 0) is 25.1 Å². The monoisotopic (exact) mass is 293 g/mol. The van der Waals surface area contributed by atoms with Crippen LogP contribution in [0.4, 0.5) is 0 Å². The molecule has 1 aromatic carbocycles. The summed E-state index contributed by atoms with van der Waals surface area (Å²) >= 11 is 3.58. The van der Waals surface area contributed by atoms with Gasteiger partial charge in [-0.25, -0.2) is 4.98 Å². The van der Waals surface area contributed by atoms with Crippen LogP contribution in [0.15, 0.2) is 41.3 Å². The number of rotatable bonds is 4. The van der Waals surface area contributed by atoms with Crippen molar-refractivity contribution in [3.63, 3.8) is 0 Å². The van der Waals surface area contributed by atoms with E-state index in [0.717, 1.165) is 16.6 Å². The molecule has 0 amide bonds. The van der Waals surface area contributed by atoms with Crippen molar-refractivity contribution in [2.45, 2.75) is 12.5 Å². The third-order valence-electron chi connectivity index (χ3n) is 2.81. The van der Waals surface area contributed by atoms with Crippen LogP contribution in [0.25, 0.3) is 0 Å². The lowest BCUT2D eigenvalue weighted by Crippen LogP contribution is -2.19. The zero-order valence-electron chi connectivity index (χ0n) is 10.0. The van der Waals surface area contributed by atoms with Gasteiger partial charge in [0.15, 0.2) is 0 Å². The van der Waals surface area contributed by atoms with E-state index in [1.807, 2.05) is 31.1 Å². The van der Waals surface area contributed by atoms with Crippen molar-refractivity contribution in [2.24, 2.45) is 7.05 Å². The molecule has 0 fully saturated rings. The fourth-order valence-electron chi connectivity index (χ4n) is 1.85. The van der Waals surface area contributed by atoms with Crippen LogP contribution in [0.2, 0.25) is 0 Å². The first kappa shape index (κ1) is 12.3. The van der Waals surface area contributed by atoms with Gasteiger partial charge < -0.3 is 9.88 Å². The number of benzene rings is 1. The lowest BCUT2D eigenvalue weighted by molar-refractivity contribution is 0.577. The molecule has 1 unspecified atom stereocenters. The first-order chi connectivity index (χ1) is 8.20. The van der Waals surface area contributed by atoms with Crippen LogP contribution in [0.5, 0.6) is 0 Å². The molecule has 0 aliphatic rings. The Bertz CT molecular complexity index is 493. The highest BCUT2D eigenvalue weighted by Gasteiger charge is 2.13. The van der Waals surface area contributed by atoms with Crippen LogP contribution in [-0.4, -0.2) is 16.6 Å². The van der Waals surface area contributed by atoms with Gasteiger partial charge in [-0.2, -0.15) is 0 Å². The Morgan fingerprint density at radius 3 is 2.76 bits per heavy atom. The molecule has 0 radical (unpaired) electrons. The molecule has 1 heterocycles. The van der Waals surface area contributed by atoms with Crippen molar-refractivity contribution < 1.29 is 0 Å². The number of imidazole rings is 1. The normalized spacial score (nSPS) is 12.6. The molecule has 2 aromatic rings. The molecule has 1 N–H and O–H groups in total. The SMILES string of the molecule is CNC(Cc1ccccc1Br)c1cn(C)cn1. The third kappa shape index (κ3) is 2.96. The molecule has 2 rings (SSSR count). The predicted molar refractivity (Wildman–Crippen MR) is 72.9 cm³/mol. The summed E-state index contributed by atoms with van der Waals surface area (Å²) in [6, 6.07) is 8.54. The Hall–Kier alpha value is -1.13. The van der Waals surface area contributed by atoms with E-state index in [1.54, 1.807) is 0 Å². The van der Waals surface area contributed by atoms with Gasteiger partial charge in [0, 0.05) is 17.7 Å². The largest absolute Gasteiger partial charge is 0.340 e. The number of nitrogens with one attached hydrogen (secondary N) is 1. The summed E-state index contributed by atoms with van der Waals surface area (Å²) in [5.41, 5.74) is 2.36. The van der Waals surface area contributed by atoms with E-state index in [9.17, 15) is 0 Å². The van der Waals surface area contributed by atoms with E-state index in [1.165, 1.54) is 5.56 Å². The molecule has 0 aliphatic heterocycles. The summed E-state index contributed by atoms with van der Waals surface area (Å²) in [4.78, 5) is 4.40. The lowest BCUT2D eigenvalue weighted by Gasteiger charge is -2.14. The van der Waals surface area contributed by atoms with E-state index >= 15 is 0 Å². The summed E-state index contributed by atoms with van der Waals surface area (Å²) in [5.74, 6) is 0. The highest BCUT2D eigenvalue weighted by molar-refractivity contribution is 9.10. The summed E-state index contributed by atoms with van der Waals surface area (Å²) in [5, 5.41) is 3.31. The fraction of sp³-hybridized carbons (Fsp3) is 0.308. The minimum Gasteiger partial charge on any atom is -0.340 e. The quantitative estimate of drug-likeness (QED) is 0.939. The Morgan fingerprint density at radius 1 is 1.41 bits per heavy atom. The number of likely N-dealkylation sites (N-methyl/N-ethyl adjacent to an activating group) is 1. The fourth-order valence-corrected chi connectivity index (χ4v) is 2.30. The second-order valence-electron chi connectivity index (χ2n) is 4.10. The molecule has 4 heteroatoms. The van der Waals surface area contributed by atoms with Crippen molar-refractivity contribution in [1.29, 1.82) is 0 Å². The highest BCUT2D eigenvalue weighted by Crippen LogP contribution is 2.22. The van der Waals surface area contributed by atoms with Gasteiger partial charge in [-0.15, -0.1) is 0 Å². The Balaban J connectivity index is 2.18. The average molecular weight is 294 g/mol. The molecule has 0 saturated carbocycles. The van der Waals surface area contributed by atoms with Gasteiger partial charge in [0.1, 0.15) is 0 Å². The summed E-state index contributed by atoms with van der Waals surface area (Å²) in [6.45, 7) is 0. The van der Waals surface area contributed by atoms with Crippen LogP contribution in [0.3, 0.4) is 0 Å². The van der Waals surface area contributed by atoms with E-state index in [4.69, 9.17) is 0 Å². The van der Waals surface area contributed by atoms with Crippen molar-refractivity contribution in [3.05, 3.63) is 52.5 Å². The molecule has 0 aliphatic carbocycles. The highest BCUT2D eigenvalue weighted by atomic mass is 79.9. The van der Waals surface area contributed by atoms with Gasteiger partial charge in [0.25, 0.3) is 0 Å². The standard InChI is InChI=1S/C13H16BrN3/c1-15-12(13-8-17(2)9-16-13)7-10-5-3-4-6-11(10)14/h3-6,8-9,12,15H,7H2,1-2H3. The third-order valence-corrected chi connectivity index (χ3v) is 3.59. The van der Waals surface area contributed by atoms with E-state index in [0.29, 0.717) is 0 Å². The van der Waals surface area contributed by atoms with Crippen molar-refractivity contribution in [1.82, 2.24) is 14.9 Å². The Labute approximate surface area is 110 Å². The lowest BCUT2D eigenvalue weighted by atomic mass is 10.0. The first-order valence-electron chi connectivity index (χ1n) is 5.59. The van der Waals surface area contributed by atoms with Crippen LogP contribution >= 0.6 is 15.9 Å². The zero-order valence-corrected chi connectivity index (χ0v) is 11.6. The molecule has 90 valence electrons. The van der Waals surface area contributed by atoms with Gasteiger partial charge in [0.2, 0.25) is 0 Å². The molecule has 0 spiro atoms. The molecular weight excluding hydrogens is 278 g/mol. The molecule has 17 heavy (non-hydrogen) atoms. The van der Waals surface area contributed by atoms with Crippen LogP contribution in [0.1, 0.15) is 17.3 Å². The van der Waals surface area contributed by atoms with Crippen LogP contribution in [-0.2, 0) is 13.5 Å². The molecule has 0 bridgehead atoms. The molecule has 0 saturated heterocycles. The van der Waals surface area contributed by atoms with Crippen molar-refractivity contribution >= 4 is 15.9 Å². The van der Waals surface area contributed by atoms with Crippen LogP contribution < -0.4 is 5.32 Å². The minimum atomic E-state index is 0.245. The van der Waals surface area contributed by atoms with Crippen molar-refractivity contribution in [2.75, 3.05) is 7.05 Å².